The van der Waals surface area contributed by atoms with Crippen LogP contribution in [0.15, 0.2) is 66.9 Å². The van der Waals surface area contributed by atoms with E-state index in [1.54, 1.807) is 0 Å². The van der Waals surface area contributed by atoms with Crippen molar-refractivity contribution in [1.29, 1.82) is 0 Å². The Morgan fingerprint density at radius 1 is 1.03 bits per heavy atom. The normalized spacial score (nSPS) is 15.1. The first kappa shape index (κ1) is 23.9. The summed E-state index contributed by atoms with van der Waals surface area (Å²) in [6.45, 7) is 3.28. The van der Waals surface area contributed by atoms with E-state index in [-0.39, 0.29) is 6.10 Å². The predicted octanol–water partition coefficient (Wildman–Crippen LogP) is 2.88. The first-order valence-corrected chi connectivity index (χ1v) is 12.3. The maximum absolute atomic E-state index is 9.63. The summed E-state index contributed by atoms with van der Waals surface area (Å²) in [6.07, 6.45) is 4.29. The van der Waals surface area contributed by atoms with Crippen LogP contribution in [0.1, 0.15) is 12.8 Å². The van der Waals surface area contributed by atoms with Gasteiger partial charge in [-0.3, -0.25) is 9.45 Å². The molecule has 3 aromatic rings. The lowest BCUT2D eigenvalue weighted by molar-refractivity contribution is 0.0751. The predicted molar refractivity (Wildman–Crippen MR) is 124 cm³/mol. The maximum Gasteiger partial charge on any atom is 0.261 e. The number of likely N-dealkylation sites (tertiary alicyclic amines) is 1. The molecule has 2 N–H and O–H groups in total. The lowest BCUT2D eigenvalue weighted by atomic mass is 10.1. The van der Waals surface area contributed by atoms with E-state index < -0.39 is 10.1 Å². The van der Waals surface area contributed by atoms with Crippen LogP contribution in [-0.4, -0.2) is 71.4 Å². The summed E-state index contributed by atoms with van der Waals surface area (Å²) in [5.41, 5.74) is 3.10. The van der Waals surface area contributed by atoms with Crippen molar-refractivity contribution in [2.45, 2.75) is 18.9 Å². The van der Waals surface area contributed by atoms with E-state index in [0.29, 0.717) is 18.7 Å². The third kappa shape index (κ3) is 7.76. The molecule has 2 heterocycles. The molecule has 0 unspecified atom stereocenters. The SMILES string of the molecule is CS(=O)(=O)O.OC1CCN(CCOc2nn(-c3ccccc3)cc2-c2ccccc2)CC1. The number of hydrogen-bond donors (Lipinski definition) is 2. The van der Waals surface area contributed by atoms with Gasteiger partial charge in [-0.15, -0.1) is 5.10 Å². The van der Waals surface area contributed by atoms with Gasteiger partial charge >= 0.3 is 0 Å². The van der Waals surface area contributed by atoms with Gasteiger partial charge in [-0.05, 0) is 30.5 Å². The Labute approximate surface area is 188 Å². The van der Waals surface area contributed by atoms with Gasteiger partial charge in [0.2, 0.25) is 5.88 Å². The van der Waals surface area contributed by atoms with Crippen molar-refractivity contribution in [3.8, 4) is 22.7 Å². The number of nitrogens with zero attached hydrogens (tertiary/aromatic N) is 3. The number of para-hydroxylation sites is 1. The minimum atomic E-state index is -3.67. The van der Waals surface area contributed by atoms with Gasteiger partial charge in [-0.25, -0.2) is 4.68 Å². The first-order chi connectivity index (χ1) is 15.3. The van der Waals surface area contributed by atoms with Crippen molar-refractivity contribution >= 4 is 10.1 Å². The highest BCUT2D eigenvalue weighted by Gasteiger charge is 2.18. The molecule has 0 spiro atoms. The Morgan fingerprint density at radius 2 is 1.59 bits per heavy atom. The smallest absolute Gasteiger partial charge is 0.261 e. The third-order valence-electron chi connectivity index (χ3n) is 4.99. The lowest BCUT2D eigenvalue weighted by Gasteiger charge is -2.29. The summed E-state index contributed by atoms with van der Waals surface area (Å²) in [6, 6.07) is 20.3. The highest BCUT2D eigenvalue weighted by molar-refractivity contribution is 7.85. The lowest BCUT2D eigenvalue weighted by Crippen LogP contribution is -2.38. The Balaban J connectivity index is 0.000000523. The zero-order valence-corrected chi connectivity index (χ0v) is 18.9. The van der Waals surface area contributed by atoms with Crippen LogP contribution in [0.25, 0.3) is 16.8 Å². The quantitative estimate of drug-likeness (QED) is 0.546. The molecule has 4 rings (SSSR count). The zero-order chi connectivity index (χ0) is 23.0. The second-order valence-electron chi connectivity index (χ2n) is 7.65. The molecule has 1 aliphatic heterocycles. The van der Waals surface area contributed by atoms with E-state index in [1.807, 2.05) is 59.4 Å². The minimum Gasteiger partial charge on any atom is -0.475 e. The summed E-state index contributed by atoms with van der Waals surface area (Å²) < 4.78 is 33.8. The van der Waals surface area contributed by atoms with Crippen molar-refractivity contribution in [1.82, 2.24) is 14.7 Å². The molecule has 0 saturated carbocycles. The summed E-state index contributed by atoms with van der Waals surface area (Å²) in [4.78, 5) is 2.34. The fourth-order valence-electron chi connectivity index (χ4n) is 3.41. The average Bonchev–Trinajstić information content (AvgIpc) is 3.19. The molecule has 8 nitrogen and oxygen atoms in total. The Kier molecular flexibility index (Phi) is 8.40. The molecule has 0 bridgehead atoms. The second kappa shape index (κ2) is 11.2. The number of aliphatic hydroxyl groups excluding tert-OH is 1. The van der Waals surface area contributed by atoms with Gasteiger partial charge in [0.1, 0.15) is 6.61 Å². The van der Waals surface area contributed by atoms with E-state index in [0.717, 1.165) is 49.3 Å². The molecular formula is C23H29N3O5S. The highest BCUT2D eigenvalue weighted by Crippen LogP contribution is 2.30. The standard InChI is InChI=1S/C22H25N3O2.CH4O3S/c26-20-11-13-24(14-12-20)15-16-27-22-21(18-7-3-1-4-8-18)17-25(23-22)19-9-5-2-6-10-19;1-5(2,3)4/h1-10,17,20,26H,11-16H2;1H3,(H,2,3,4). The van der Waals surface area contributed by atoms with Crippen LogP contribution in [0.5, 0.6) is 5.88 Å². The van der Waals surface area contributed by atoms with Crippen LogP contribution in [-0.2, 0) is 10.1 Å². The van der Waals surface area contributed by atoms with E-state index in [2.05, 4.69) is 22.1 Å². The Hall–Kier alpha value is -2.72. The Morgan fingerprint density at radius 3 is 2.19 bits per heavy atom. The van der Waals surface area contributed by atoms with Crippen molar-refractivity contribution in [3.05, 3.63) is 66.9 Å². The monoisotopic (exact) mass is 459 g/mol. The van der Waals surface area contributed by atoms with Gasteiger partial charge in [0, 0.05) is 25.8 Å². The second-order valence-corrected chi connectivity index (χ2v) is 9.11. The van der Waals surface area contributed by atoms with Crippen LogP contribution in [0.3, 0.4) is 0 Å². The summed E-state index contributed by atoms with van der Waals surface area (Å²) in [7, 11) is -3.67. The van der Waals surface area contributed by atoms with Crippen LogP contribution in [0.4, 0.5) is 0 Å². The molecule has 32 heavy (non-hydrogen) atoms. The topological polar surface area (TPSA) is 105 Å². The fourth-order valence-corrected chi connectivity index (χ4v) is 3.41. The molecule has 1 aromatic heterocycles. The number of aromatic nitrogens is 2. The summed E-state index contributed by atoms with van der Waals surface area (Å²) in [5, 5.41) is 14.3. The third-order valence-corrected chi connectivity index (χ3v) is 4.99. The fraction of sp³-hybridized carbons (Fsp3) is 0.348. The van der Waals surface area contributed by atoms with Gasteiger partial charge in [0.25, 0.3) is 10.1 Å². The molecule has 0 amide bonds. The number of rotatable bonds is 6. The van der Waals surface area contributed by atoms with Crippen molar-refractivity contribution in [2.75, 3.05) is 32.5 Å². The van der Waals surface area contributed by atoms with E-state index in [1.165, 1.54) is 0 Å². The molecule has 2 aromatic carbocycles. The van der Waals surface area contributed by atoms with Gasteiger partial charge < -0.3 is 9.84 Å². The molecule has 0 radical (unpaired) electrons. The summed E-state index contributed by atoms with van der Waals surface area (Å²) in [5.74, 6) is 0.655. The van der Waals surface area contributed by atoms with Gasteiger partial charge in [0.15, 0.2) is 0 Å². The van der Waals surface area contributed by atoms with Crippen LogP contribution < -0.4 is 4.74 Å². The van der Waals surface area contributed by atoms with Gasteiger partial charge in [-0.2, -0.15) is 8.42 Å². The molecule has 172 valence electrons. The first-order valence-electron chi connectivity index (χ1n) is 10.5. The zero-order valence-electron chi connectivity index (χ0n) is 18.0. The number of hydrogen-bond acceptors (Lipinski definition) is 6. The van der Waals surface area contributed by atoms with E-state index in [9.17, 15) is 13.5 Å². The van der Waals surface area contributed by atoms with Crippen LogP contribution >= 0.6 is 0 Å². The molecule has 1 aliphatic rings. The average molecular weight is 460 g/mol. The number of piperidine rings is 1. The maximum atomic E-state index is 9.63. The largest absolute Gasteiger partial charge is 0.475 e. The van der Waals surface area contributed by atoms with Gasteiger partial charge in [0.05, 0.1) is 23.6 Å². The van der Waals surface area contributed by atoms with E-state index in [4.69, 9.17) is 9.29 Å². The molecule has 0 aliphatic carbocycles. The van der Waals surface area contributed by atoms with Crippen LogP contribution in [0.2, 0.25) is 0 Å². The van der Waals surface area contributed by atoms with Gasteiger partial charge in [-0.1, -0.05) is 48.5 Å². The number of aliphatic hydroxyl groups is 1. The van der Waals surface area contributed by atoms with Crippen molar-refractivity contribution in [2.24, 2.45) is 0 Å². The highest BCUT2D eigenvalue weighted by atomic mass is 32.2. The molecule has 0 atom stereocenters. The minimum absolute atomic E-state index is 0.145. The Bertz CT molecular complexity index is 1060. The molecule has 1 saturated heterocycles. The number of benzene rings is 2. The molecule has 9 heteroatoms. The van der Waals surface area contributed by atoms with E-state index >= 15 is 0 Å². The van der Waals surface area contributed by atoms with Crippen molar-refractivity contribution < 1.29 is 22.8 Å². The van der Waals surface area contributed by atoms with Crippen molar-refractivity contribution in [3.63, 3.8) is 0 Å². The molecule has 1 fully saturated rings. The summed E-state index contributed by atoms with van der Waals surface area (Å²) >= 11 is 0. The van der Waals surface area contributed by atoms with Crippen LogP contribution in [0, 0.1) is 0 Å². The number of ether oxygens (including phenoxy) is 1. The molecular weight excluding hydrogens is 430 g/mol.